The molecule has 2 heterocycles. The Labute approximate surface area is 197 Å². The fourth-order valence-electron chi connectivity index (χ4n) is 3.67. The van der Waals surface area contributed by atoms with Crippen LogP contribution in [0.25, 0.3) is 0 Å². The van der Waals surface area contributed by atoms with Crippen molar-refractivity contribution in [2.75, 3.05) is 0 Å². The monoisotopic (exact) mass is 455 g/mol. The zero-order valence-corrected chi connectivity index (χ0v) is 19.1. The van der Waals surface area contributed by atoms with Crippen molar-refractivity contribution in [3.8, 4) is 0 Å². The first-order chi connectivity index (χ1) is 16.5. The topological polar surface area (TPSA) is 100 Å². The third-order valence-electron chi connectivity index (χ3n) is 5.16. The third kappa shape index (κ3) is 4.83. The minimum atomic E-state index is -1.58. The van der Waals surface area contributed by atoms with Crippen LogP contribution in [0.15, 0.2) is 90.3 Å². The number of rotatable bonds is 9. The zero-order chi connectivity index (χ0) is 24.0. The van der Waals surface area contributed by atoms with Gasteiger partial charge < -0.3 is 4.74 Å². The first-order valence-electron chi connectivity index (χ1n) is 10.8. The predicted molar refractivity (Wildman–Crippen MR) is 127 cm³/mol. The van der Waals surface area contributed by atoms with Crippen LogP contribution in [0.1, 0.15) is 36.4 Å². The number of carbonyl (C=O) groups is 1. The van der Waals surface area contributed by atoms with E-state index in [0.29, 0.717) is 24.5 Å². The summed E-state index contributed by atoms with van der Waals surface area (Å²) in [7, 11) is 0. The summed E-state index contributed by atoms with van der Waals surface area (Å²) in [6.45, 7) is 8.14. The van der Waals surface area contributed by atoms with Crippen LogP contribution in [-0.4, -0.2) is 42.2 Å². The first kappa shape index (κ1) is 22.8. The van der Waals surface area contributed by atoms with Gasteiger partial charge in [0.1, 0.15) is 11.4 Å². The smallest absolute Gasteiger partial charge is 0.304 e. The van der Waals surface area contributed by atoms with Gasteiger partial charge in [0, 0.05) is 13.1 Å². The van der Waals surface area contributed by atoms with Gasteiger partial charge in [-0.1, -0.05) is 77.7 Å². The van der Waals surface area contributed by atoms with Gasteiger partial charge in [-0.2, -0.15) is 0 Å². The molecule has 9 nitrogen and oxygen atoms in total. The Bertz CT molecular complexity index is 1210. The summed E-state index contributed by atoms with van der Waals surface area (Å²) >= 11 is 0. The molecule has 2 aromatic carbocycles. The molecule has 0 radical (unpaired) electrons. The molecule has 9 heteroatoms. The molecule has 0 spiro atoms. The maximum atomic E-state index is 12.3. The van der Waals surface area contributed by atoms with E-state index in [-0.39, 0.29) is 5.70 Å². The van der Waals surface area contributed by atoms with Gasteiger partial charge in [-0.15, -0.1) is 10.2 Å². The Morgan fingerprint density at radius 2 is 1.41 bits per heavy atom. The van der Waals surface area contributed by atoms with E-state index in [0.717, 1.165) is 11.1 Å². The van der Waals surface area contributed by atoms with Gasteiger partial charge in [0.15, 0.2) is 0 Å². The van der Waals surface area contributed by atoms with E-state index >= 15 is 0 Å². The highest BCUT2D eigenvalue weighted by atomic mass is 16.6. The van der Waals surface area contributed by atoms with E-state index in [1.165, 1.54) is 6.92 Å². The average Bonchev–Trinajstić information content (AvgIpc) is 3.49. The van der Waals surface area contributed by atoms with E-state index in [1.54, 1.807) is 34.9 Å². The van der Waals surface area contributed by atoms with Gasteiger partial charge in [-0.3, -0.25) is 9.79 Å². The highest BCUT2D eigenvalue weighted by Gasteiger charge is 2.47. The van der Waals surface area contributed by atoms with Gasteiger partial charge in [0.2, 0.25) is 5.60 Å². The van der Waals surface area contributed by atoms with E-state index in [4.69, 9.17) is 4.74 Å². The van der Waals surface area contributed by atoms with E-state index in [2.05, 4.69) is 32.2 Å². The van der Waals surface area contributed by atoms with Crippen molar-refractivity contribution < 1.29 is 9.53 Å². The standard InChI is InChI=1S/C25H25N7O2/c1-4-26-19(2)25(34-20(3)33,23-17-31(29-27-23)15-21-11-7-5-8-12-21)24-18-32(30-28-24)16-22-13-9-6-10-14-22/h4-14,17-18H,2,15-16H2,1,3H3. The molecule has 0 aliphatic carbocycles. The van der Waals surface area contributed by atoms with Crippen molar-refractivity contribution in [2.45, 2.75) is 32.5 Å². The van der Waals surface area contributed by atoms with Crippen molar-refractivity contribution >= 4 is 12.2 Å². The first-order valence-corrected chi connectivity index (χ1v) is 10.8. The lowest BCUT2D eigenvalue weighted by Crippen LogP contribution is -2.35. The van der Waals surface area contributed by atoms with Gasteiger partial charge in [-0.25, -0.2) is 9.36 Å². The van der Waals surface area contributed by atoms with Crippen LogP contribution in [0.4, 0.5) is 0 Å². The molecule has 0 amide bonds. The van der Waals surface area contributed by atoms with Crippen LogP contribution in [-0.2, 0) is 28.2 Å². The quantitative estimate of drug-likeness (QED) is 0.283. The Morgan fingerprint density at radius 1 is 0.941 bits per heavy atom. The number of ether oxygens (including phenoxy) is 1. The predicted octanol–water partition coefficient (Wildman–Crippen LogP) is 3.38. The molecule has 0 N–H and O–H groups in total. The zero-order valence-electron chi connectivity index (χ0n) is 19.1. The number of hydrogen-bond donors (Lipinski definition) is 0. The molecule has 4 rings (SSSR count). The highest BCUT2D eigenvalue weighted by Crippen LogP contribution is 2.38. The highest BCUT2D eigenvalue weighted by molar-refractivity contribution is 5.68. The molecule has 172 valence electrons. The molecule has 0 atom stereocenters. The molecule has 0 fully saturated rings. The SMILES string of the molecule is C=C(N=CC)C(OC(C)=O)(c1cn(Cc2ccccc2)nn1)c1cn(Cc2ccccc2)nn1. The Hall–Kier alpha value is -4.40. The van der Waals surface area contributed by atoms with E-state index in [9.17, 15) is 4.79 Å². The van der Waals surface area contributed by atoms with Gasteiger partial charge in [-0.05, 0) is 18.1 Å². The molecule has 0 bridgehead atoms. The molecule has 0 saturated heterocycles. The van der Waals surface area contributed by atoms with Crippen molar-refractivity contribution in [3.05, 3.63) is 108 Å². The summed E-state index contributed by atoms with van der Waals surface area (Å²) in [5.74, 6) is -0.539. The minimum absolute atomic E-state index is 0.240. The van der Waals surface area contributed by atoms with Gasteiger partial charge in [0.25, 0.3) is 0 Å². The third-order valence-corrected chi connectivity index (χ3v) is 5.16. The summed E-state index contributed by atoms with van der Waals surface area (Å²) in [4.78, 5) is 16.6. The second kappa shape index (κ2) is 10.0. The van der Waals surface area contributed by atoms with Crippen molar-refractivity contribution in [1.29, 1.82) is 0 Å². The normalized spacial score (nSPS) is 11.6. The van der Waals surface area contributed by atoms with Crippen LogP contribution in [0.3, 0.4) is 0 Å². The van der Waals surface area contributed by atoms with Crippen molar-refractivity contribution in [1.82, 2.24) is 30.0 Å². The van der Waals surface area contributed by atoms with Crippen LogP contribution in [0.2, 0.25) is 0 Å². The molecule has 2 aromatic heterocycles. The molecular formula is C25H25N7O2. The summed E-state index contributed by atoms with van der Waals surface area (Å²) in [6, 6.07) is 19.7. The number of nitrogens with zero attached hydrogens (tertiary/aromatic N) is 7. The lowest BCUT2D eigenvalue weighted by Gasteiger charge is -2.28. The minimum Gasteiger partial charge on any atom is -0.439 e. The van der Waals surface area contributed by atoms with E-state index in [1.807, 2.05) is 60.7 Å². The van der Waals surface area contributed by atoms with Gasteiger partial charge in [0.05, 0.1) is 31.2 Å². The van der Waals surface area contributed by atoms with Crippen LogP contribution in [0.5, 0.6) is 0 Å². The average molecular weight is 456 g/mol. The number of esters is 1. The lowest BCUT2D eigenvalue weighted by molar-refractivity contribution is -0.151. The van der Waals surface area contributed by atoms with Crippen molar-refractivity contribution in [3.63, 3.8) is 0 Å². The Kier molecular flexibility index (Phi) is 6.72. The summed E-state index contributed by atoms with van der Waals surface area (Å²) in [5, 5.41) is 17.2. The fraction of sp³-hybridized carbons (Fsp3) is 0.200. The summed E-state index contributed by atoms with van der Waals surface area (Å²) < 4.78 is 9.20. The molecule has 4 aromatic rings. The number of aromatic nitrogens is 6. The van der Waals surface area contributed by atoms with Crippen LogP contribution >= 0.6 is 0 Å². The molecule has 0 unspecified atom stereocenters. The second-order valence-corrected chi connectivity index (χ2v) is 7.68. The summed E-state index contributed by atoms with van der Waals surface area (Å²) in [6.07, 6.45) is 4.99. The fourth-order valence-corrected chi connectivity index (χ4v) is 3.67. The molecule has 0 saturated carbocycles. The van der Waals surface area contributed by atoms with E-state index < -0.39 is 11.6 Å². The molecular weight excluding hydrogens is 430 g/mol. The Balaban J connectivity index is 1.76. The van der Waals surface area contributed by atoms with Crippen LogP contribution < -0.4 is 0 Å². The van der Waals surface area contributed by atoms with Gasteiger partial charge >= 0.3 is 5.97 Å². The number of carbonyl (C=O) groups excluding carboxylic acids is 1. The van der Waals surface area contributed by atoms with Crippen LogP contribution in [0, 0.1) is 0 Å². The van der Waals surface area contributed by atoms with Crippen molar-refractivity contribution in [2.24, 2.45) is 4.99 Å². The Morgan fingerprint density at radius 3 is 1.82 bits per heavy atom. The maximum absolute atomic E-state index is 12.3. The molecule has 0 aliphatic heterocycles. The second-order valence-electron chi connectivity index (χ2n) is 7.68. The molecule has 34 heavy (non-hydrogen) atoms. The number of aliphatic imine (C=N–C) groups is 1. The number of hydrogen-bond acceptors (Lipinski definition) is 7. The summed E-state index contributed by atoms with van der Waals surface area (Å²) in [5.41, 5.74) is 1.43. The maximum Gasteiger partial charge on any atom is 0.304 e. The largest absolute Gasteiger partial charge is 0.439 e. The molecule has 0 aliphatic rings. The number of benzene rings is 2. The lowest BCUT2D eigenvalue weighted by atomic mass is 9.92.